The first-order valence-electron chi connectivity index (χ1n) is 4.66. The van der Waals surface area contributed by atoms with E-state index >= 15 is 0 Å². The van der Waals surface area contributed by atoms with Gasteiger partial charge in [0.15, 0.2) is 0 Å². The Morgan fingerprint density at radius 3 is 3.12 bits per heavy atom. The van der Waals surface area contributed by atoms with Gasteiger partial charge in [-0.25, -0.2) is 0 Å². The molecule has 2 heterocycles. The molecule has 0 unspecified atom stereocenters. The van der Waals surface area contributed by atoms with Crippen molar-refractivity contribution in [2.45, 2.75) is 11.6 Å². The van der Waals surface area contributed by atoms with Gasteiger partial charge in [0, 0.05) is 26.3 Å². The highest BCUT2D eigenvalue weighted by atomic mass is 32.2. The molecule has 0 saturated carbocycles. The fourth-order valence-corrected chi connectivity index (χ4v) is 1.78. The molecule has 2 aromatic heterocycles. The Morgan fingerprint density at radius 2 is 2.44 bits per heavy atom. The third-order valence-electron chi connectivity index (χ3n) is 1.91. The second-order valence-corrected chi connectivity index (χ2v) is 4.36. The Morgan fingerprint density at radius 1 is 1.62 bits per heavy atom. The topological polar surface area (TPSA) is 76.5 Å². The van der Waals surface area contributed by atoms with E-state index in [0.29, 0.717) is 23.2 Å². The Labute approximate surface area is 95.8 Å². The molecule has 2 rings (SSSR count). The van der Waals surface area contributed by atoms with Crippen LogP contribution in [0.1, 0.15) is 6.42 Å². The summed E-state index contributed by atoms with van der Waals surface area (Å²) in [5.41, 5.74) is 0. The van der Waals surface area contributed by atoms with Crippen molar-refractivity contribution < 1.29 is 9.21 Å². The van der Waals surface area contributed by atoms with Crippen molar-refractivity contribution in [1.82, 2.24) is 24.7 Å². The maximum Gasteiger partial charge on any atom is 0.345 e. The van der Waals surface area contributed by atoms with Gasteiger partial charge in [-0.05, 0) is 0 Å². The zero-order valence-corrected chi connectivity index (χ0v) is 9.77. The number of rotatable bonds is 4. The number of nitrogens with zero attached hydrogens (tertiary/aromatic N) is 5. The minimum atomic E-state index is 0.0884. The van der Waals surface area contributed by atoms with Crippen molar-refractivity contribution in [2.75, 3.05) is 19.8 Å². The van der Waals surface area contributed by atoms with Crippen LogP contribution in [-0.2, 0) is 4.79 Å². The molecule has 0 aromatic carbocycles. The quantitative estimate of drug-likeness (QED) is 0.716. The van der Waals surface area contributed by atoms with Gasteiger partial charge in [0.05, 0.1) is 0 Å². The molecule has 0 aliphatic carbocycles. The highest BCUT2D eigenvalue weighted by Crippen LogP contribution is 2.18. The van der Waals surface area contributed by atoms with Gasteiger partial charge in [-0.3, -0.25) is 4.79 Å². The van der Waals surface area contributed by atoms with Crippen LogP contribution in [0.4, 0.5) is 0 Å². The zero-order chi connectivity index (χ0) is 11.5. The number of aromatic nitrogens is 4. The average molecular weight is 241 g/mol. The van der Waals surface area contributed by atoms with E-state index in [-0.39, 0.29) is 5.91 Å². The molecule has 0 spiro atoms. The summed E-state index contributed by atoms with van der Waals surface area (Å²) in [6.07, 6.45) is 1.93. The number of carbonyl (C=O) groups is 1. The second kappa shape index (κ2) is 4.52. The molecular formula is C8H11N5O2S. The van der Waals surface area contributed by atoms with E-state index in [4.69, 9.17) is 4.42 Å². The van der Waals surface area contributed by atoms with Crippen LogP contribution in [0.15, 0.2) is 16.0 Å². The van der Waals surface area contributed by atoms with Crippen molar-refractivity contribution in [1.29, 1.82) is 0 Å². The molecule has 0 atom stereocenters. The van der Waals surface area contributed by atoms with Crippen molar-refractivity contribution >= 4 is 23.5 Å². The number of carbonyl (C=O) groups excluding carboxylic acids is 1. The van der Waals surface area contributed by atoms with Crippen LogP contribution in [0.3, 0.4) is 0 Å². The molecule has 1 amide bonds. The monoisotopic (exact) mass is 241 g/mol. The molecule has 2 aromatic rings. The van der Waals surface area contributed by atoms with Crippen LogP contribution < -0.4 is 0 Å². The summed E-state index contributed by atoms with van der Waals surface area (Å²) in [5.74, 6) is 1.08. The highest BCUT2D eigenvalue weighted by molar-refractivity contribution is 7.99. The van der Waals surface area contributed by atoms with E-state index in [1.807, 2.05) is 0 Å². The number of fused-ring (bicyclic) bond motifs is 1. The number of hydrogen-bond acceptors (Lipinski definition) is 6. The molecular weight excluding hydrogens is 230 g/mol. The summed E-state index contributed by atoms with van der Waals surface area (Å²) in [6, 6.07) is 0. The summed E-state index contributed by atoms with van der Waals surface area (Å²) in [4.78, 5) is 12.9. The minimum absolute atomic E-state index is 0.0884. The maximum absolute atomic E-state index is 11.3. The van der Waals surface area contributed by atoms with E-state index in [9.17, 15) is 4.79 Å². The van der Waals surface area contributed by atoms with Gasteiger partial charge in [0.2, 0.25) is 5.91 Å². The first-order chi connectivity index (χ1) is 7.66. The van der Waals surface area contributed by atoms with Gasteiger partial charge < -0.3 is 9.32 Å². The highest BCUT2D eigenvalue weighted by Gasteiger charge is 2.09. The van der Waals surface area contributed by atoms with Crippen LogP contribution in [-0.4, -0.2) is 50.5 Å². The predicted molar refractivity (Wildman–Crippen MR) is 57.1 cm³/mol. The minimum Gasteiger partial charge on any atom is -0.396 e. The van der Waals surface area contributed by atoms with E-state index in [1.54, 1.807) is 19.0 Å². The standard InChI is InChI=1S/C8H11N5O2S/c1-12(2)6(14)3-4-16-8-11-13-5-9-10-7(13)15-8/h5H,3-4H2,1-2H3. The molecule has 0 N–H and O–H groups in total. The molecule has 0 fully saturated rings. The van der Waals surface area contributed by atoms with Gasteiger partial charge in [0.1, 0.15) is 6.33 Å². The summed E-state index contributed by atoms with van der Waals surface area (Å²) < 4.78 is 6.72. The maximum atomic E-state index is 11.3. The number of amides is 1. The fourth-order valence-electron chi connectivity index (χ4n) is 1.05. The third kappa shape index (κ3) is 2.32. The van der Waals surface area contributed by atoms with Gasteiger partial charge >= 0.3 is 5.84 Å². The largest absolute Gasteiger partial charge is 0.396 e. The second-order valence-electron chi connectivity index (χ2n) is 3.31. The molecule has 0 bridgehead atoms. The lowest BCUT2D eigenvalue weighted by Crippen LogP contribution is -2.21. The lowest BCUT2D eigenvalue weighted by atomic mass is 10.4. The van der Waals surface area contributed by atoms with Crippen LogP contribution in [0.2, 0.25) is 0 Å². The summed E-state index contributed by atoms with van der Waals surface area (Å²) >= 11 is 1.38. The lowest BCUT2D eigenvalue weighted by molar-refractivity contribution is -0.128. The normalized spacial score (nSPS) is 10.9. The molecule has 0 saturated heterocycles. The van der Waals surface area contributed by atoms with Crippen LogP contribution in [0, 0.1) is 0 Å². The molecule has 16 heavy (non-hydrogen) atoms. The Balaban J connectivity index is 1.86. The predicted octanol–water partition coefficient (Wildman–Crippen LogP) is 0.288. The first kappa shape index (κ1) is 10.9. The Hall–Kier alpha value is -1.57. The molecule has 0 aliphatic rings. The fraction of sp³-hybridized carbons (Fsp3) is 0.500. The Kier molecular flexibility index (Phi) is 3.09. The van der Waals surface area contributed by atoms with E-state index in [2.05, 4.69) is 15.3 Å². The van der Waals surface area contributed by atoms with Gasteiger partial charge in [-0.2, -0.15) is 4.52 Å². The van der Waals surface area contributed by atoms with Gasteiger partial charge in [-0.15, -0.1) is 10.2 Å². The smallest absolute Gasteiger partial charge is 0.345 e. The van der Waals surface area contributed by atoms with Crippen LogP contribution >= 0.6 is 11.8 Å². The summed E-state index contributed by atoms with van der Waals surface area (Å²) in [6.45, 7) is 0. The summed E-state index contributed by atoms with van der Waals surface area (Å²) in [7, 11) is 3.47. The van der Waals surface area contributed by atoms with Crippen LogP contribution in [0.5, 0.6) is 0 Å². The van der Waals surface area contributed by atoms with Crippen LogP contribution in [0.25, 0.3) is 5.84 Å². The molecule has 86 valence electrons. The van der Waals surface area contributed by atoms with Crippen molar-refractivity contribution in [3.05, 3.63) is 6.33 Å². The van der Waals surface area contributed by atoms with Gasteiger partial charge in [-0.1, -0.05) is 16.9 Å². The zero-order valence-electron chi connectivity index (χ0n) is 8.95. The van der Waals surface area contributed by atoms with E-state index < -0.39 is 0 Å². The van der Waals surface area contributed by atoms with Crippen molar-refractivity contribution in [3.8, 4) is 0 Å². The molecule has 0 aliphatic heterocycles. The van der Waals surface area contributed by atoms with E-state index in [1.165, 1.54) is 22.6 Å². The van der Waals surface area contributed by atoms with Crippen molar-refractivity contribution in [2.24, 2.45) is 0 Å². The molecule has 8 heteroatoms. The third-order valence-corrected chi connectivity index (χ3v) is 2.73. The Bertz CT molecular complexity index is 463. The average Bonchev–Trinajstić information content (AvgIpc) is 2.77. The number of hydrogen-bond donors (Lipinski definition) is 0. The molecule has 7 nitrogen and oxygen atoms in total. The van der Waals surface area contributed by atoms with E-state index in [0.717, 1.165) is 0 Å². The molecule has 0 radical (unpaired) electrons. The lowest BCUT2D eigenvalue weighted by Gasteiger charge is -2.08. The van der Waals surface area contributed by atoms with Crippen molar-refractivity contribution in [3.63, 3.8) is 0 Å². The SMILES string of the molecule is CN(C)C(=O)CCSc1nn2cnnc2o1. The first-order valence-corrected chi connectivity index (χ1v) is 5.65. The number of thioether (sulfide) groups is 1. The summed E-state index contributed by atoms with van der Waals surface area (Å²) in [5, 5.41) is 11.9. The van der Waals surface area contributed by atoms with Gasteiger partial charge in [0.25, 0.3) is 5.22 Å².